The number of carbonyl (C=O) groups excluding carboxylic acids is 1. The van der Waals surface area contributed by atoms with Crippen molar-refractivity contribution in [2.24, 2.45) is 0 Å². The molecule has 1 aliphatic rings. The van der Waals surface area contributed by atoms with E-state index in [1.807, 2.05) is 4.90 Å². The molecule has 1 atom stereocenters. The van der Waals surface area contributed by atoms with Gasteiger partial charge in [-0.1, -0.05) is 23.7 Å². The minimum absolute atomic E-state index is 0.0283. The van der Waals surface area contributed by atoms with Crippen LogP contribution in [-0.2, 0) is 24.8 Å². The molecule has 1 heterocycles. The number of nitrogens with one attached hydrogen (secondary N) is 3. The molecule has 13 heteroatoms. The quantitative estimate of drug-likeness (QED) is 0.323. The van der Waals surface area contributed by atoms with Crippen LogP contribution in [0.4, 0.5) is 17.1 Å². The Labute approximate surface area is 233 Å². The minimum Gasteiger partial charge on any atom is -0.497 e. The lowest BCUT2D eigenvalue weighted by molar-refractivity contribution is -0.117. The van der Waals surface area contributed by atoms with Crippen molar-refractivity contribution in [2.45, 2.75) is 35.6 Å². The topological polar surface area (TPSA) is 134 Å². The molecule has 3 aromatic rings. The number of amides is 1. The Morgan fingerprint density at radius 1 is 0.897 bits per heavy atom. The van der Waals surface area contributed by atoms with Gasteiger partial charge in [-0.05, 0) is 74.4 Å². The highest BCUT2D eigenvalue weighted by atomic mass is 35.5. The summed E-state index contributed by atoms with van der Waals surface area (Å²) in [7, 11) is -6.59. The number of nitrogens with zero attached hydrogens (tertiary/aromatic N) is 1. The second-order valence-electron chi connectivity index (χ2n) is 8.97. The summed E-state index contributed by atoms with van der Waals surface area (Å²) < 4.78 is 61.8. The molecule has 0 bridgehead atoms. The van der Waals surface area contributed by atoms with E-state index in [4.69, 9.17) is 16.3 Å². The van der Waals surface area contributed by atoms with Gasteiger partial charge in [-0.25, -0.2) is 16.8 Å². The number of para-hydroxylation sites is 1. The second-order valence-corrected chi connectivity index (χ2v) is 12.8. The first kappa shape index (κ1) is 28.7. The van der Waals surface area contributed by atoms with E-state index in [0.717, 1.165) is 25.9 Å². The second kappa shape index (κ2) is 11.8. The maximum absolute atomic E-state index is 13.2. The van der Waals surface area contributed by atoms with Crippen molar-refractivity contribution >= 4 is 54.6 Å². The highest BCUT2D eigenvalue weighted by Crippen LogP contribution is 2.33. The maximum Gasteiger partial charge on any atom is 0.262 e. The van der Waals surface area contributed by atoms with Gasteiger partial charge in [0.25, 0.3) is 10.0 Å². The molecule has 0 spiro atoms. The van der Waals surface area contributed by atoms with E-state index in [1.165, 1.54) is 56.5 Å². The number of rotatable bonds is 10. The van der Waals surface area contributed by atoms with Gasteiger partial charge in [0.2, 0.25) is 15.9 Å². The molecule has 4 rings (SSSR count). The summed E-state index contributed by atoms with van der Waals surface area (Å²) in [4.78, 5) is 15.0. The smallest absolute Gasteiger partial charge is 0.262 e. The van der Waals surface area contributed by atoms with Crippen molar-refractivity contribution in [3.63, 3.8) is 0 Å². The number of benzene rings is 3. The van der Waals surface area contributed by atoms with Crippen LogP contribution in [-0.4, -0.2) is 49.0 Å². The first-order chi connectivity index (χ1) is 18.5. The van der Waals surface area contributed by atoms with Crippen molar-refractivity contribution in [1.82, 2.24) is 4.72 Å². The van der Waals surface area contributed by atoms with E-state index in [0.29, 0.717) is 11.4 Å². The number of anilines is 3. The average Bonchev–Trinajstić information content (AvgIpc) is 3.44. The lowest BCUT2D eigenvalue weighted by Crippen LogP contribution is -2.41. The van der Waals surface area contributed by atoms with Crippen molar-refractivity contribution in [3.05, 3.63) is 71.8 Å². The number of ether oxygens (including phenoxy) is 1. The zero-order chi connectivity index (χ0) is 28.2. The van der Waals surface area contributed by atoms with Crippen molar-refractivity contribution in [1.29, 1.82) is 0 Å². The van der Waals surface area contributed by atoms with Gasteiger partial charge in [-0.3, -0.25) is 9.52 Å². The largest absolute Gasteiger partial charge is 0.497 e. The fraction of sp³-hybridized carbons (Fsp3) is 0.269. The molecule has 0 saturated carbocycles. The molecule has 39 heavy (non-hydrogen) atoms. The van der Waals surface area contributed by atoms with Crippen molar-refractivity contribution < 1.29 is 26.4 Å². The number of halogens is 1. The van der Waals surface area contributed by atoms with E-state index in [2.05, 4.69) is 14.8 Å². The van der Waals surface area contributed by atoms with Gasteiger partial charge in [0.05, 0.1) is 45.0 Å². The van der Waals surface area contributed by atoms with E-state index < -0.39 is 32.0 Å². The van der Waals surface area contributed by atoms with Crippen LogP contribution in [0.1, 0.15) is 19.8 Å². The van der Waals surface area contributed by atoms with Crippen LogP contribution in [0.2, 0.25) is 5.02 Å². The van der Waals surface area contributed by atoms with Gasteiger partial charge in [0, 0.05) is 13.1 Å². The van der Waals surface area contributed by atoms with Crippen LogP contribution in [0.5, 0.6) is 5.75 Å². The molecular formula is C26H29ClN4O6S2. The van der Waals surface area contributed by atoms with E-state index in [9.17, 15) is 21.6 Å². The molecule has 1 fully saturated rings. The summed E-state index contributed by atoms with van der Waals surface area (Å²) in [5.74, 6) is -0.158. The zero-order valence-electron chi connectivity index (χ0n) is 21.3. The number of sulfonamides is 2. The fourth-order valence-corrected chi connectivity index (χ4v) is 6.66. The third-order valence-electron chi connectivity index (χ3n) is 6.20. The average molecular weight is 593 g/mol. The Bertz CT molecular complexity index is 1560. The molecular weight excluding hydrogens is 564 g/mol. The third-order valence-corrected chi connectivity index (χ3v) is 9.45. The Hall–Kier alpha value is -3.32. The molecule has 1 saturated heterocycles. The Morgan fingerprint density at radius 2 is 1.54 bits per heavy atom. The number of methoxy groups -OCH3 is 1. The monoisotopic (exact) mass is 592 g/mol. The van der Waals surface area contributed by atoms with Crippen LogP contribution in [0.25, 0.3) is 0 Å². The van der Waals surface area contributed by atoms with Gasteiger partial charge in [-0.2, -0.15) is 4.72 Å². The minimum atomic E-state index is -4.05. The number of hydrogen-bond donors (Lipinski definition) is 3. The lowest BCUT2D eigenvalue weighted by atomic mass is 10.2. The van der Waals surface area contributed by atoms with E-state index >= 15 is 0 Å². The molecule has 0 aliphatic carbocycles. The summed E-state index contributed by atoms with van der Waals surface area (Å²) in [6.45, 7) is 2.89. The van der Waals surface area contributed by atoms with Crippen LogP contribution in [0, 0.1) is 0 Å². The first-order valence-electron chi connectivity index (χ1n) is 12.1. The Balaban J connectivity index is 1.58. The zero-order valence-corrected chi connectivity index (χ0v) is 23.7. The molecule has 0 unspecified atom stereocenters. The third kappa shape index (κ3) is 6.82. The van der Waals surface area contributed by atoms with Gasteiger partial charge >= 0.3 is 0 Å². The molecule has 0 aromatic heterocycles. The molecule has 1 amide bonds. The summed E-state index contributed by atoms with van der Waals surface area (Å²) in [5.41, 5.74) is 1.11. The molecule has 3 N–H and O–H groups in total. The van der Waals surface area contributed by atoms with Crippen LogP contribution >= 0.6 is 11.6 Å². The molecule has 0 radical (unpaired) electrons. The Kier molecular flexibility index (Phi) is 8.70. The number of carbonyl (C=O) groups is 1. The van der Waals surface area contributed by atoms with Crippen LogP contribution in [0.15, 0.2) is 76.5 Å². The van der Waals surface area contributed by atoms with E-state index in [1.54, 1.807) is 24.3 Å². The highest BCUT2D eigenvalue weighted by molar-refractivity contribution is 7.92. The summed E-state index contributed by atoms with van der Waals surface area (Å²) >= 11 is 6.12. The van der Waals surface area contributed by atoms with Gasteiger partial charge in [0.1, 0.15) is 5.75 Å². The van der Waals surface area contributed by atoms with E-state index in [-0.39, 0.29) is 26.2 Å². The van der Waals surface area contributed by atoms with Crippen molar-refractivity contribution in [2.75, 3.05) is 35.1 Å². The first-order valence-corrected chi connectivity index (χ1v) is 15.5. The highest BCUT2D eigenvalue weighted by Gasteiger charge is 2.26. The SMILES string of the molecule is COc1ccc(S(=O)(=O)N[C@H](C)C(=O)Nc2cc(S(=O)(=O)Nc3ccccc3Cl)ccc2N2CCCC2)cc1. The molecule has 208 valence electrons. The molecule has 10 nitrogen and oxygen atoms in total. The standard InChI is InChI=1S/C26H29ClN4O6S2/c1-18(29-38(33,34)20-11-9-19(37-2)10-12-20)26(32)28-24-17-21(13-14-25(24)31-15-5-6-16-31)39(35,36)30-23-8-4-3-7-22(23)27/h3-4,7-14,17-18,29-30H,5-6,15-16H2,1-2H3,(H,28,32)/t18-/m1/s1. The lowest BCUT2D eigenvalue weighted by Gasteiger charge is -2.23. The van der Waals surface area contributed by atoms with Gasteiger partial charge in [0.15, 0.2) is 0 Å². The Morgan fingerprint density at radius 3 is 2.18 bits per heavy atom. The van der Waals surface area contributed by atoms with Crippen LogP contribution in [0.3, 0.4) is 0 Å². The van der Waals surface area contributed by atoms with Gasteiger partial charge in [-0.15, -0.1) is 0 Å². The predicted octanol–water partition coefficient (Wildman–Crippen LogP) is 4.06. The number of hydrogen-bond acceptors (Lipinski definition) is 7. The van der Waals surface area contributed by atoms with Crippen molar-refractivity contribution in [3.8, 4) is 5.75 Å². The molecule has 3 aromatic carbocycles. The predicted molar refractivity (Wildman–Crippen MR) is 152 cm³/mol. The summed E-state index contributed by atoms with van der Waals surface area (Å²) in [6, 6.07) is 15.5. The summed E-state index contributed by atoms with van der Waals surface area (Å²) in [6.07, 6.45) is 1.92. The summed E-state index contributed by atoms with van der Waals surface area (Å²) in [5, 5.41) is 2.96. The van der Waals surface area contributed by atoms with Crippen LogP contribution < -0.4 is 24.4 Å². The maximum atomic E-state index is 13.2. The normalized spacial score (nSPS) is 14.6. The van der Waals surface area contributed by atoms with Gasteiger partial charge < -0.3 is 15.0 Å². The molecule has 1 aliphatic heterocycles. The fourth-order valence-electron chi connectivity index (χ4n) is 4.11.